The molecule has 1 aromatic rings. The Morgan fingerprint density at radius 3 is 2.19 bits per heavy atom. The Kier molecular flexibility index (Phi) is 10.9. The van der Waals surface area contributed by atoms with Crippen LogP contribution >= 0.6 is 0 Å². The smallest absolute Gasteiger partial charge is 0.0701 e. The molecule has 0 spiro atoms. The van der Waals surface area contributed by atoms with Gasteiger partial charge in [0.25, 0.3) is 0 Å². The van der Waals surface area contributed by atoms with Crippen molar-refractivity contribution in [2.45, 2.75) is 0 Å². The quantitative estimate of drug-likeness (QED) is 0.262. The number of rotatable bonds is 13. The Hall–Kier alpha value is -1.79. The second-order valence-electron chi connectivity index (χ2n) is 4.08. The van der Waals surface area contributed by atoms with Crippen LogP contribution in [-0.2, 0) is 14.2 Å². The van der Waals surface area contributed by atoms with E-state index in [2.05, 4.69) is 15.3 Å². The molecule has 0 amide bonds. The molecule has 0 saturated heterocycles. The minimum Gasteiger partial charge on any atom is -0.383 e. The first kappa shape index (κ1) is 17.3. The van der Waals surface area contributed by atoms with Crippen molar-refractivity contribution in [3.8, 4) is 0 Å². The van der Waals surface area contributed by atoms with E-state index < -0.39 is 0 Å². The first-order valence-corrected chi connectivity index (χ1v) is 6.96. The Morgan fingerprint density at radius 2 is 1.52 bits per heavy atom. The van der Waals surface area contributed by atoms with E-state index in [9.17, 15) is 0 Å². The maximum Gasteiger partial charge on any atom is 0.0701 e. The molecule has 0 aromatic heterocycles. The molecule has 1 N–H and O–H groups in total. The first-order chi connectivity index (χ1) is 10.4. The van der Waals surface area contributed by atoms with Gasteiger partial charge in [0.1, 0.15) is 0 Å². The van der Waals surface area contributed by atoms with Gasteiger partial charge in [0.05, 0.1) is 39.6 Å². The van der Waals surface area contributed by atoms with Gasteiger partial charge < -0.3 is 19.5 Å². The fourth-order valence-corrected chi connectivity index (χ4v) is 1.52. The lowest BCUT2D eigenvalue weighted by Gasteiger charge is -2.08. The van der Waals surface area contributed by atoms with Crippen LogP contribution in [-0.4, -0.2) is 52.7 Å². The van der Waals surface area contributed by atoms with Gasteiger partial charge in [-0.3, -0.25) is 0 Å². The molecule has 0 atom stereocenters. The summed E-state index contributed by atoms with van der Waals surface area (Å²) < 4.78 is 16.0. The molecule has 7 heteroatoms. The maximum absolute atomic E-state index is 8.05. The molecule has 0 aliphatic heterocycles. The predicted octanol–water partition coefficient (Wildman–Crippen LogP) is 2.46. The molecule has 1 rings (SSSR count). The van der Waals surface area contributed by atoms with Crippen LogP contribution in [0.5, 0.6) is 0 Å². The minimum absolute atomic E-state index is 0.355. The second-order valence-corrected chi connectivity index (χ2v) is 4.08. The van der Waals surface area contributed by atoms with E-state index in [0.717, 1.165) is 12.2 Å². The van der Waals surface area contributed by atoms with Crippen LogP contribution in [0.1, 0.15) is 0 Å². The number of hydrogen-bond acceptors (Lipinski definition) is 5. The summed E-state index contributed by atoms with van der Waals surface area (Å²) in [7, 11) is 0. The molecule has 0 aliphatic rings. The molecule has 0 radical (unpaired) electrons. The van der Waals surface area contributed by atoms with Crippen molar-refractivity contribution in [1.29, 1.82) is 0 Å². The number of nitrogens with one attached hydrogen (secondary N) is 1. The van der Waals surface area contributed by atoms with Gasteiger partial charge in [-0.1, -0.05) is 23.3 Å². The molecular formula is C14H22N4O3. The average Bonchev–Trinajstić information content (AvgIpc) is 2.53. The van der Waals surface area contributed by atoms with Crippen molar-refractivity contribution in [3.63, 3.8) is 0 Å². The van der Waals surface area contributed by atoms with Gasteiger partial charge in [0, 0.05) is 23.7 Å². The highest BCUT2D eigenvalue weighted by Gasteiger charge is 1.92. The molecule has 0 heterocycles. The lowest BCUT2D eigenvalue weighted by Crippen LogP contribution is -2.14. The SMILES string of the molecule is [N-]=[N+]=NCCOCCOCCOCCNc1ccccc1. The zero-order valence-electron chi connectivity index (χ0n) is 12.1. The van der Waals surface area contributed by atoms with Crippen LogP contribution in [0.3, 0.4) is 0 Å². The third-order valence-corrected chi connectivity index (χ3v) is 2.49. The Balaban J connectivity index is 1.77. The van der Waals surface area contributed by atoms with E-state index in [4.69, 9.17) is 19.7 Å². The molecular weight excluding hydrogens is 272 g/mol. The topological polar surface area (TPSA) is 88.5 Å². The largest absolute Gasteiger partial charge is 0.383 e. The number of benzene rings is 1. The standard InChI is InChI=1S/C14H22N4O3/c15-18-17-7-9-20-11-13-21-12-10-19-8-6-16-14-4-2-1-3-5-14/h1-5,16H,6-13H2. The van der Waals surface area contributed by atoms with Gasteiger partial charge in [0.2, 0.25) is 0 Å². The van der Waals surface area contributed by atoms with Gasteiger partial charge in [-0.15, -0.1) is 0 Å². The summed E-state index contributed by atoms with van der Waals surface area (Å²) in [4.78, 5) is 2.63. The van der Waals surface area contributed by atoms with E-state index in [-0.39, 0.29) is 0 Å². The van der Waals surface area contributed by atoms with Gasteiger partial charge >= 0.3 is 0 Å². The van der Waals surface area contributed by atoms with Crippen LogP contribution in [0.2, 0.25) is 0 Å². The van der Waals surface area contributed by atoms with Crippen LogP contribution in [0.25, 0.3) is 10.4 Å². The van der Waals surface area contributed by atoms with Crippen molar-refractivity contribution >= 4 is 5.69 Å². The lowest BCUT2D eigenvalue weighted by molar-refractivity contribution is 0.0179. The Morgan fingerprint density at radius 1 is 0.905 bits per heavy atom. The first-order valence-electron chi connectivity index (χ1n) is 6.96. The van der Waals surface area contributed by atoms with Crippen molar-refractivity contribution in [3.05, 3.63) is 40.8 Å². The van der Waals surface area contributed by atoms with Crippen LogP contribution < -0.4 is 5.32 Å². The van der Waals surface area contributed by atoms with E-state index in [1.807, 2.05) is 30.3 Å². The summed E-state index contributed by atoms with van der Waals surface area (Å²) in [6.07, 6.45) is 0. The molecule has 0 bridgehead atoms. The maximum atomic E-state index is 8.05. The summed E-state index contributed by atoms with van der Waals surface area (Å²) in [6, 6.07) is 10.0. The predicted molar refractivity (Wildman–Crippen MR) is 81.4 cm³/mol. The monoisotopic (exact) mass is 294 g/mol. The molecule has 0 aliphatic carbocycles. The number of nitrogens with zero attached hydrogens (tertiary/aromatic N) is 3. The number of anilines is 1. The van der Waals surface area contributed by atoms with Crippen molar-refractivity contribution in [2.24, 2.45) is 5.11 Å². The highest BCUT2D eigenvalue weighted by atomic mass is 16.5. The molecule has 0 unspecified atom stereocenters. The normalized spacial score (nSPS) is 10.1. The van der Waals surface area contributed by atoms with Gasteiger partial charge in [0.15, 0.2) is 0 Å². The third kappa shape index (κ3) is 10.6. The second kappa shape index (κ2) is 13.2. The molecule has 21 heavy (non-hydrogen) atoms. The summed E-state index contributed by atoms with van der Waals surface area (Å²) in [6.45, 7) is 4.31. The van der Waals surface area contributed by atoms with Gasteiger partial charge in [-0.05, 0) is 17.7 Å². The van der Waals surface area contributed by atoms with Crippen LogP contribution in [0.4, 0.5) is 5.69 Å². The summed E-state index contributed by atoms with van der Waals surface area (Å²) in [5, 5.41) is 6.62. The molecule has 7 nitrogen and oxygen atoms in total. The number of para-hydroxylation sites is 1. The van der Waals surface area contributed by atoms with Gasteiger partial charge in [-0.2, -0.15) is 0 Å². The fourth-order valence-electron chi connectivity index (χ4n) is 1.52. The van der Waals surface area contributed by atoms with Crippen LogP contribution in [0.15, 0.2) is 35.4 Å². The zero-order chi connectivity index (χ0) is 15.0. The van der Waals surface area contributed by atoms with Crippen LogP contribution in [0, 0.1) is 0 Å². The molecule has 1 aromatic carbocycles. The highest BCUT2D eigenvalue weighted by molar-refractivity contribution is 5.42. The molecule has 116 valence electrons. The van der Waals surface area contributed by atoms with Gasteiger partial charge in [-0.25, -0.2) is 0 Å². The highest BCUT2D eigenvalue weighted by Crippen LogP contribution is 2.03. The Bertz CT molecular complexity index is 396. The lowest BCUT2D eigenvalue weighted by atomic mass is 10.3. The number of azide groups is 1. The third-order valence-electron chi connectivity index (χ3n) is 2.49. The number of ether oxygens (including phenoxy) is 3. The molecule has 0 saturated carbocycles. The zero-order valence-corrected chi connectivity index (χ0v) is 12.1. The van der Waals surface area contributed by atoms with E-state index in [0.29, 0.717) is 46.2 Å². The van der Waals surface area contributed by atoms with E-state index in [1.54, 1.807) is 0 Å². The minimum atomic E-state index is 0.355. The Labute approximate surface area is 124 Å². The van der Waals surface area contributed by atoms with E-state index in [1.165, 1.54) is 0 Å². The van der Waals surface area contributed by atoms with Crippen molar-refractivity contribution in [2.75, 3.05) is 58.0 Å². The number of hydrogen-bond donors (Lipinski definition) is 1. The fraction of sp³-hybridized carbons (Fsp3) is 0.571. The molecule has 0 fully saturated rings. The summed E-state index contributed by atoms with van der Waals surface area (Å²) in [5.41, 5.74) is 9.14. The van der Waals surface area contributed by atoms with Crippen molar-refractivity contribution < 1.29 is 14.2 Å². The average molecular weight is 294 g/mol. The van der Waals surface area contributed by atoms with E-state index >= 15 is 0 Å². The van der Waals surface area contributed by atoms with Crippen molar-refractivity contribution in [1.82, 2.24) is 0 Å². The summed E-state index contributed by atoms with van der Waals surface area (Å²) >= 11 is 0. The summed E-state index contributed by atoms with van der Waals surface area (Å²) in [5.74, 6) is 0.